The smallest absolute Gasteiger partial charge is 0.326 e. The molecule has 4 nitrogen and oxygen atoms in total. The summed E-state index contributed by atoms with van der Waals surface area (Å²) in [6.45, 7) is 16.8. The van der Waals surface area contributed by atoms with Gasteiger partial charge in [0.05, 0.1) is 11.0 Å². The molecule has 1 aromatic carbocycles. The number of hydrogen-bond acceptors (Lipinski definition) is 2. The van der Waals surface area contributed by atoms with E-state index in [2.05, 4.69) is 68.6 Å². The zero-order valence-electron chi connectivity index (χ0n) is 15.8. The summed E-state index contributed by atoms with van der Waals surface area (Å²) in [6, 6.07) is 5.85. The van der Waals surface area contributed by atoms with E-state index in [0.29, 0.717) is 13.2 Å². The van der Waals surface area contributed by atoms with Crippen molar-refractivity contribution < 1.29 is 4.43 Å². The van der Waals surface area contributed by atoms with Gasteiger partial charge in [0.2, 0.25) is 0 Å². The molecule has 1 heterocycles. The van der Waals surface area contributed by atoms with Gasteiger partial charge in [-0.3, -0.25) is 4.57 Å². The van der Waals surface area contributed by atoms with Crippen molar-refractivity contribution in [2.45, 2.75) is 59.3 Å². The summed E-state index contributed by atoms with van der Waals surface area (Å²) >= 11 is 3.49. The number of hydrogen-bond donors (Lipinski definition) is 1. The van der Waals surface area contributed by atoms with Crippen LogP contribution in [0, 0.1) is 5.41 Å². The van der Waals surface area contributed by atoms with Gasteiger partial charge < -0.3 is 9.41 Å². The Kier molecular flexibility index (Phi) is 5.24. The summed E-state index contributed by atoms with van der Waals surface area (Å²) in [4.78, 5) is 15.3. The number of halogens is 1. The Morgan fingerprint density at radius 1 is 1.21 bits per heavy atom. The Morgan fingerprint density at radius 2 is 1.83 bits per heavy atom. The third kappa shape index (κ3) is 4.21. The number of aromatic amines is 1. The standard InChI is InChI=1S/C18H29BrN2O2Si/c1-17(2,3)24(6,7)23-12-18(4,5)11-21-15-10-13(19)8-9-14(15)20-16(21)22/h8-10H,11-12H2,1-7H3,(H,20,22). The number of nitrogens with zero attached hydrogens (tertiary/aromatic N) is 1. The molecule has 2 rings (SSSR count). The van der Waals surface area contributed by atoms with E-state index in [1.54, 1.807) is 0 Å². The predicted molar refractivity (Wildman–Crippen MR) is 107 cm³/mol. The molecule has 134 valence electrons. The van der Waals surface area contributed by atoms with E-state index in [9.17, 15) is 4.79 Å². The SMILES string of the molecule is CC(C)(CO[Si](C)(C)C(C)(C)C)Cn1c(=O)[nH]c2ccc(Br)cc21. The minimum absolute atomic E-state index is 0.0662. The number of fused-ring (bicyclic) bond motifs is 1. The number of aromatic nitrogens is 2. The molecular formula is C18H29BrN2O2Si. The fourth-order valence-corrected chi connectivity index (χ4v) is 3.88. The highest BCUT2D eigenvalue weighted by Crippen LogP contribution is 2.37. The molecule has 0 radical (unpaired) electrons. The Labute approximate surface area is 153 Å². The Balaban J connectivity index is 2.22. The lowest BCUT2D eigenvalue weighted by Crippen LogP contribution is -2.44. The van der Waals surface area contributed by atoms with Crippen LogP contribution < -0.4 is 5.69 Å². The van der Waals surface area contributed by atoms with E-state index < -0.39 is 8.32 Å². The van der Waals surface area contributed by atoms with Gasteiger partial charge in [0.25, 0.3) is 0 Å². The number of nitrogens with one attached hydrogen (secondary N) is 1. The lowest BCUT2D eigenvalue weighted by atomic mass is 9.95. The first-order valence-electron chi connectivity index (χ1n) is 8.34. The van der Waals surface area contributed by atoms with Crippen LogP contribution in [0.15, 0.2) is 27.5 Å². The van der Waals surface area contributed by atoms with Crippen molar-refractivity contribution in [2.75, 3.05) is 6.61 Å². The first-order valence-corrected chi connectivity index (χ1v) is 12.0. The van der Waals surface area contributed by atoms with Gasteiger partial charge >= 0.3 is 5.69 Å². The van der Waals surface area contributed by atoms with Gasteiger partial charge in [0, 0.05) is 23.0 Å². The van der Waals surface area contributed by atoms with Crippen molar-refractivity contribution in [3.8, 4) is 0 Å². The molecule has 24 heavy (non-hydrogen) atoms. The van der Waals surface area contributed by atoms with Crippen LogP contribution in [0.3, 0.4) is 0 Å². The summed E-state index contributed by atoms with van der Waals surface area (Å²) in [6.07, 6.45) is 0. The van der Waals surface area contributed by atoms with Crippen LogP contribution in [0.25, 0.3) is 11.0 Å². The van der Waals surface area contributed by atoms with Crippen LogP contribution in [0.2, 0.25) is 18.1 Å². The molecule has 0 saturated carbocycles. The number of imidazole rings is 1. The second-order valence-corrected chi connectivity index (χ2v) is 14.6. The van der Waals surface area contributed by atoms with E-state index in [-0.39, 0.29) is 16.1 Å². The maximum atomic E-state index is 12.3. The molecule has 0 bridgehead atoms. The highest BCUT2D eigenvalue weighted by molar-refractivity contribution is 9.10. The minimum atomic E-state index is -1.79. The summed E-state index contributed by atoms with van der Waals surface area (Å²) in [5.41, 5.74) is 1.60. The normalized spacial score (nSPS) is 13.7. The molecule has 1 N–H and O–H groups in total. The number of H-pyrrole nitrogens is 1. The first-order chi connectivity index (χ1) is 10.8. The molecule has 0 aliphatic heterocycles. The van der Waals surface area contributed by atoms with Crippen LogP contribution in [-0.2, 0) is 11.0 Å². The predicted octanol–water partition coefficient (Wildman–Crippen LogP) is 5.14. The Bertz CT molecular complexity index is 784. The second kappa shape index (κ2) is 6.46. The number of rotatable bonds is 5. The van der Waals surface area contributed by atoms with Crippen molar-refractivity contribution in [1.29, 1.82) is 0 Å². The molecule has 1 aromatic heterocycles. The average Bonchev–Trinajstić information content (AvgIpc) is 2.72. The summed E-state index contributed by atoms with van der Waals surface area (Å²) in [7, 11) is -1.79. The van der Waals surface area contributed by atoms with Crippen molar-refractivity contribution >= 4 is 35.3 Å². The highest BCUT2D eigenvalue weighted by Gasteiger charge is 2.38. The fraction of sp³-hybridized carbons (Fsp3) is 0.611. The molecule has 0 aliphatic rings. The van der Waals surface area contributed by atoms with Gasteiger partial charge in [-0.25, -0.2) is 4.79 Å². The Morgan fingerprint density at radius 3 is 2.42 bits per heavy atom. The van der Waals surface area contributed by atoms with Crippen molar-refractivity contribution in [3.05, 3.63) is 33.2 Å². The summed E-state index contributed by atoms with van der Waals surface area (Å²) in [5.74, 6) is 0. The van der Waals surface area contributed by atoms with Crippen LogP contribution in [0.1, 0.15) is 34.6 Å². The molecular weight excluding hydrogens is 384 g/mol. The lowest BCUT2D eigenvalue weighted by molar-refractivity contribution is 0.146. The largest absolute Gasteiger partial charge is 0.416 e. The van der Waals surface area contributed by atoms with Gasteiger partial charge in [-0.05, 0) is 36.3 Å². The fourth-order valence-electron chi connectivity index (χ4n) is 2.35. The quantitative estimate of drug-likeness (QED) is 0.690. The summed E-state index contributed by atoms with van der Waals surface area (Å²) in [5, 5.41) is 0.186. The molecule has 0 fully saturated rings. The zero-order chi connectivity index (χ0) is 18.3. The lowest BCUT2D eigenvalue weighted by Gasteiger charge is -2.39. The monoisotopic (exact) mass is 412 g/mol. The molecule has 0 spiro atoms. The molecule has 0 aliphatic carbocycles. The summed E-state index contributed by atoms with van der Waals surface area (Å²) < 4.78 is 9.17. The minimum Gasteiger partial charge on any atom is -0.416 e. The van der Waals surface area contributed by atoms with Gasteiger partial charge in [-0.2, -0.15) is 0 Å². The van der Waals surface area contributed by atoms with E-state index in [1.165, 1.54) is 0 Å². The highest BCUT2D eigenvalue weighted by atomic mass is 79.9. The average molecular weight is 413 g/mol. The molecule has 0 atom stereocenters. The zero-order valence-corrected chi connectivity index (χ0v) is 18.4. The van der Waals surface area contributed by atoms with E-state index in [0.717, 1.165) is 15.5 Å². The van der Waals surface area contributed by atoms with Crippen LogP contribution >= 0.6 is 15.9 Å². The third-order valence-electron chi connectivity index (χ3n) is 4.95. The topological polar surface area (TPSA) is 47.0 Å². The van der Waals surface area contributed by atoms with Gasteiger partial charge in [0.15, 0.2) is 8.32 Å². The van der Waals surface area contributed by atoms with E-state index in [4.69, 9.17) is 4.43 Å². The Hall–Kier alpha value is -0.853. The maximum Gasteiger partial charge on any atom is 0.326 e. The third-order valence-corrected chi connectivity index (χ3v) is 9.93. The molecule has 0 unspecified atom stereocenters. The molecule has 2 aromatic rings. The second-order valence-electron chi connectivity index (χ2n) is 8.89. The van der Waals surface area contributed by atoms with Gasteiger partial charge in [-0.15, -0.1) is 0 Å². The van der Waals surface area contributed by atoms with E-state index >= 15 is 0 Å². The molecule has 0 saturated heterocycles. The van der Waals surface area contributed by atoms with Crippen molar-refractivity contribution in [1.82, 2.24) is 9.55 Å². The van der Waals surface area contributed by atoms with Gasteiger partial charge in [0.1, 0.15) is 0 Å². The molecule has 6 heteroatoms. The van der Waals surface area contributed by atoms with Crippen molar-refractivity contribution in [3.63, 3.8) is 0 Å². The van der Waals surface area contributed by atoms with E-state index in [1.807, 2.05) is 22.8 Å². The maximum absolute atomic E-state index is 12.3. The molecule has 0 amide bonds. The van der Waals surface area contributed by atoms with Crippen LogP contribution in [0.5, 0.6) is 0 Å². The van der Waals surface area contributed by atoms with Crippen LogP contribution in [-0.4, -0.2) is 24.5 Å². The van der Waals surface area contributed by atoms with Crippen LogP contribution in [0.4, 0.5) is 0 Å². The first kappa shape index (κ1) is 19.5. The van der Waals surface area contributed by atoms with Crippen molar-refractivity contribution in [2.24, 2.45) is 5.41 Å². The number of benzene rings is 1. The van der Waals surface area contributed by atoms with Gasteiger partial charge in [-0.1, -0.05) is 50.5 Å².